The molecule has 3 heterocycles. The van der Waals surface area contributed by atoms with E-state index in [1.807, 2.05) is 0 Å². The van der Waals surface area contributed by atoms with Crippen molar-refractivity contribution in [3.05, 3.63) is 54.5 Å². The van der Waals surface area contributed by atoms with E-state index >= 15 is 0 Å². The van der Waals surface area contributed by atoms with Gasteiger partial charge in [0.05, 0.1) is 43.5 Å². The number of amides is 2. The number of benzene rings is 1. The maximum absolute atomic E-state index is 12.9. The van der Waals surface area contributed by atoms with Crippen LogP contribution in [0.1, 0.15) is 10.4 Å². The van der Waals surface area contributed by atoms with Crippen LogP contribution in [-0.4, -0.2) is 70.9 Å². The first-order valence-electron chi connectivity index (χ1n) is 11.0. The molecule has 0 saturated carbocycles. The van der Waals surface area contributed by atoms with Crippen molar-refractivity contribution in [1.82, 2.24) is 19.9 Å². The quantitative estimate of drug-likeness (QED) is 0.431. The Morgan fingerprint density at radius 3 is 2.51 bits per heavy atom. The van der Waals surface area contributed by atoms with Crippen LogP contribution in [0.4, 0.5) is 30.5 Å². The Morgan fingerprint density at radius 1 is 1.05 bits per heavy atom. The highest BCUT2D eigenvalue weighted by atomic mass is 19.4. The van der Waals surface area contributed by atoms with E-state index in [1.165, 1.54) is 18.6 Å². The summed E-state index contributed by atoms with van der Waals surface area (Å²) in [5.74, 6) is -1.49. The molecule has 14 heteroatoms. The smallest absolute Gasteiger partial charge is 0.404 e. The summed E-state index contributed by atoms with van der Waals surface area (Å²) < 4.78 is 47.9. The lowest BCUT2D eigenvalue weighted by molar-refractivity contribution is -0.274. The van der Waals surface area contributed by atoms with Gasteiger partial charge in [0, 0.05) is 30.4 Å². The second kappa shape index (κ2) is 11.2. The Labute approximate surface area is 208 Å². The van der Waals surface area contributed by atoms with Crippen molar-refractivity contribution in [2.75, 3.05) is 49.2 Å². The van der Waals surface area contributed by atoms with Gasteiger partial charge in [0.15, 0.2) is 11.6 Å². The molecule has 0 atom stereocenters. The van der Waals surface area contributed by atoms with Gasteiger partial charge in [-0.3, -0.25) is 19.5 Å². The number of aromatic nitrogens is 3. The van der Waals surface area contributed by atoms with Gasteiger partial charge in [-0.25, -0.2) is 9.97 Å². The molecule has 0 bridgehead atoms. The number of hydrogen-bond donors (Lipinski definition) is 3. The molecule has 3 aromatic rings. The number of alkyl halides is 3. The molecule has 1 saturated heterocycles. The van der Waals surface area contributed by atoms with E-state index < -0.39 is 23.9 Å². The van der Waals surface area contributed by atoms with Crippen LogP contribution < -0.4 is 21.1 Å². The summed E-state index contributed by atoms with van der Waals surface area (Å²) in [6, 6.07) is 6.49. The van der Waals surface area contributed by atoms with Crippen LogP contribution in [0, 0.1) is 0 Å². The van der Waals surface area contributed by atoms with Crippen LogP contribution in [0.5, 0.6) is 5.75 Å². The maximum atomic E-state index is 12.9. The van der Waals surface area contributed by atoms with E-state index in [0.29, 0.717) is 43.4 Å². The maximum Gasteiger partial charge on any atom is 0.573 e. The van der Waals surface area contributed by atoms with Crippen molar-refractivity contribution >= 4 is 29.1 Å². The molecule has 2 aromatic heterocycles. The van der Waals surface area contributed by atoms with Crippen LogP contribution in [0.3, 0.4) is 0 Å². The highest BCUT2D eigenvalue weighted by Crippen LogP contribution is 2.31. The molecule has 0 radical (unpaired) electrons. The normalized spacial score (nSPS) is 14.1. The fourth-order valence-corrected chi connectivity index (χ4v) is 3.47. The van der Waals surface area contributed by atoms with Gasteiger partial charge >= 0.3 is 6.36 Å². The number of nitrogens with two attached hydrogens (primary N) is 1. The lowest BCUT2D eigenvalue weighted by Crippen LogP contribution is -2.41. The number of anilines is 3. The molecule has 4 N–H and O–H groups in total. The van der Waals surface area contributed by atoms with Gasteiger partial charge in [0.25, 0.3) is 5.91 Å². The van der Waals surface area contributed by atoms with Crippen LogP contribution in [-0.2, 0) is 9.53 Å². The zero-order chi connectivity index (χ0) is 26.4. The number of pyridine rings is 1. The standard InChI is InChI=1S/C23H22F3N7O4/c24-23(25,26)37-18-2-1-15(9-16(18)31-21(34)13-33-5-7-36-8-6-33)22(35)32-20-12-29-17(11-30-20)14-3-4-28-19(27)10-14/h1-4,9-12H,5-8,13H2,(H2,27,28)(H,31,34)(H,30,32,35). The van der Waals surface area contributed by atoms with Gasteiger partial charge in [-0.1, -0.05) is 0 Å². The SMILES string of the molecule is Nc1cc(-c2cnc(NC(=O)c3ccc(OC(F)(F)F)c(NC(=O)CN4CCOCC4)c3)cn2)ccn1. The van der Waals surface area contributed by atoms with Gasteiger partial charge in [0.2, 0.25) is 5.91 Å². The molecule has 0 spiro atoms. The molecule has 194 valence electrons. The predicted octanol–water partition coefficient (Wildman–Crippen LogP) is 2.54. The zero-order valence-corrected chi connectivity index (χ0v) is 19.3. The highest BCUT2D eigenvalue weighted by molar-refractivity contribution is 6.05. The number of morpholine rings is 1. The van der Waals surface area contributed by atoms with E-state index in [9.17, 15) is 22.8 Å². The van der Waals surface area contributed by atoms with E-state index in [1.54, 1.807) is 17.0 Å². The van der Waals surface area contributed by atoms with Crippen LogP contribution in [0.2, 0.25) is 0 Å². The van der Waals surface area contributed by atoms with Gasteiger partial charge in [-0.15, -0.1) is 13.2 Å². The third kappa shape index (κ3) is 7.35. The molecule has 1 aliphatic heterocycles. The summed E-state index contributed by atoms with van der Waals surface area (Å²) in [5.41, 5.74) is 6.49. The minimum absolute atomic E-state index is 0.0380. The first-order valence-corrected chi connectivity index (χ1v) is 11.0. The first-order chi connectivity index (χ1) is 17.7. The molecule has 1 aliphatic rings. The number of rotatable bonds is 7. The predicted molar refractivity (Wildman–Crippen MR) is 127 cm³/mol. The molecule has 11 nitrogen and oxygen atoms in total. The number of hydrogen-bond acceptors (Lipinski definition) is 9. The summed E-state index contributed by atoms with van der Waals surface area (Å²) >= 11 is 0. The topological polar surface area (TPSA) is 145 Å². The average Bonchev–Trinajstić information content (AvgIpc) is 2.85. The van der Waals surface area contributed by atoms with Crippen molar-refractivity contribution in [2.24, 2.45) is 0 Å². The summed E-state index contributed by atoms with van der Waals surface area (Å²) in [7, 11) is 0. The van der Waals surface area contributed by atoms with Gasteiger partial charge < -0.3 is 25.8 Å². The van der Waals surface area contributed by atoms with Gasteiger partial charge in [-0.05, 0) is 30.3 Å². The monoisotopic (exact) mass is 517 g/mol. The van der Waals surface area contributed by atoms with Crippen LogP contribution in [0.25, 0.3) is 11.3 Å². The first kappa shape index (κ1) is 25.8. The molecular weight excluding hydrogens is 495 g/mol. The van der Waals surface area contributed by atoms with E-state index in [4.69, 9.17) is 10.5 Å². The highest BCUT2D eigenvalue weighted by Gasteiger charge is 2.32. The minimum Gasteiger partial charge on any atom is -0.404 e. The van der Waals surface area contributed by atoms with Crippen molar-refractivity contribution in [3.63, 3.8) is 0 Å². The van der Waals surface area contributed by atoms with Crippen molar-refractivity contribution in [2.45, 2.75) is 6.36 Å². The number of carbonyl (C=O) groups is 2. The van der Waals surface area contributed by atoms with Crippen LogP contribution in [0.15, 0.2) is 48.9 Å². The molecule has 37 heavy (non-hydrogen) atoms. The lowest BCUT2D eigenvalue weighted by Gasteiger charge is -2.26. The fourth-order valence-electron chi connectivity index (χ4n) is 3.47. The molecule has 0 unspecified atom stereocenters. The van der Waals surface area contributed by atoms with E-state index in [0.717, 1.165) is 18.2 Å². The van der Waals surface area contributed by atoms with Crippen molar-refractivity contribution in [1.29, 1.82) is 0 Å². The van der Waals surface area contributed by atoms with Gasteiger partial charge in [-0.2, -0.15) is 0 Å². The Hall–Kier alpha value is -4.30. The number of ether oxygens (including phenoxy) is 2. The number of halogens is 3. The van der Waals surface area contributed by atoms with E-state index in [-0.39, 0.29) is 23.6 Å². The number of nitrogens with one attached hydrogen (secondary N) is 2. The van der Waals surface area contributed by atoms with Gasteiger partial charge in [0.1, 0.15) is 5.82 Å². The largest absolute Gasteiger partial charge is 0.573 e. The summed E-state index contributed by atoms with van der Waals surface area (Å²) in [6.07, 6.45) is -0.742. The molecule has 1 aromatic carbocycles. The average molecular weight is 517 g/mol. The minimum atomic E-state index is -5.00. The molecule has 1 fully saturated rings. The summed E-state index contributed by atoms with van der Waals surface area (Å²) in [5, 5.41) is 4.91. The molecule has 2 amide bonds. The van der Waals surface area contributed by atoms with Crippen LogP contribution >= 0.6 is 0 Å². The number of nitrogens with zero attached hydrogens (tertiary/aromatic N) is 4. The zero-order valence-electron chi connectivity index (χ0n) is 19.3. The Kier molecular flexibility index (Phi) is 7.79. The Morgan fingerprint density at radius 2 is 1.84 bits per heavy atom. The molecule has 0 aliphatic carbocycles. The second-order valence-electron chi connectivity index (χ2n) is 7.91. The third-order valence-electron chi connectivity index (χ3n) is 5.18. The number of carbonyl (C=O) groups excluding carboxylic acids is 2. The lowest BCUT2D eigenvalue weighted by atomic mass is 10.1. The summed E-state index contributed by atoms with van der Waals surface area (Å²) in [4.78, 5) is 39.3. The second-order valence-corrected chi connectivity index (χ2v) is 7.91. The number of nitrogen functional groups attached to an aromatic ring is 1. The third-order valence-corrected chi connectivity index (χ3v) is 5.18. The molecular formula is C23H22F3N7O4. The Balaban J connectivity index is 1.48. The molecule has 4 rings (SSSR count). The van der Waals surface area contributed by atoms with Crippen molar-refractivity contribution in [3.8, 4) is 17.0 Å². The van der Waals surface area contributed by atoms with E-state index in [2.05, 4.69) is 30.3 Å². The van der Waals surface area contributed by atoms with Crippen molar-refractivity contribution < 1.29 is 32.2 Å². The fraction of sp³-hybridized carbons (Fsp3) is 0.261. The Bertz CT molecular complexity index is 1270. The summed E-state index contributed by atoms with van der Waals surface area (Å²) in [6.45, 7) is 1.86.